The zero-order chi connectivity index (χ0) is 12.8. The van der Waals surface area contributed by atoms with Crippen LogP contribution < -0.4 is 5.32 Å². The Hall–Kier alpha value is -0.970. The van der Waals surface area contributed by atoms with Gasteiger partial charge in [0.1, 0.15) is 0 Å². The Balaban J connectivity index is 2.31. The number of fused-ring (bicyclic) bond motifs is 1. The molecule has 0 fully saturated rings. The summed E-state index contributed by atoms with van der Waals surface area (Å²) in [6.45, 7) is 2.11. The van der Waals surface area contributed by atoms with Gasteiger partial charge in [0.25, 0.3) is 0 Å². The van der Waals surface area contributed by atoms with Crippen LogP contribution in [0, 0.1) is 12.3 Å². The summed E-state index contributed by atoms with van der Waals surface area (Å²) in [7, 11) is 0. The third kappa shape index (κ3) is 3.28. The van der Waals surface area contributed by atoms with E-state index in [0.717, 1.165) is 31.0 Å². The molecule has 2 rings (SSSR count). The van der Waals surface area contributed by atoms with Crippen molar-refractivity contribution in [2.24, 2.45) is 0 Å². The lowest BCUT2D eigenvalue weighted by molar-refractivity contribution is 0.587. The molecule has 96 valence electrons. The standard InChI is InChI=1S/C16H20ClN/c1-2-13-7-4-3-5-11-18-12-10-14-8-6-9-15(17)16(13)14/h1,6,8-9,13,18H,3-5,7,10-12H2. The van der Waals surface area contributed by atoms with Gasteiger partial charge in [-0.05, 0) is 49.5 Å². The summed E-state index contributed by atoms with van der Waals surface area (Å²) in [5.41, 5.74) is 2.49. The summed E-state index contributed by atoms with van der Waals surface area (Å²) in [5.74, 6) is 3.11. The summed E-state index contributed by atoms with van der Waals surface area (Å²) in [6.07, 6.45) is 11.4. The molecule has 0 aromatic heterocycles. The number of halogens is 1. The zero-order valence-corrected chi connectivity index (χ0v) is 11.5. The molecule has 1 aromatic rings. The third-order valence-corrected chi connectivity index (χ3v) is 3.94. The molecule has 1 N–H and O–H groups in total. The Kier molecular flexibility index (Phi) is 5.11. The predicted molar refractivity (Wildman–Crippen MR) is 78.1 cm³/mol. The lowest BCUT2D eigenvalue weighted by Gasteiger charge is -2.17. The molecule has 0 amide bonds. The molecule has 0 saturated heterocycles. The van der Waals surface area contributed by atoms with E-state index in [1.54, 1.807) is 0 Å². The quantitative estimate of drug-likeness (QED) is 0.701. The van der Waals surface area contributed by atoms with Gasteiger partial charge in [0, 0.05) is 10.9 Å². The highest BCUT2D eigenvalue weighted by atomic mass is 35.5. The Morgan fingerprint density at radius 1 is 1.22 bits per heavy atom. The van der Waals surface area contributed by atoms with Crippen LogP contribution in [0.3, 0.4) is 0 Å². The van der Waals surface area contributed by atoms with Crippen LogP contribution in [-0.2, 0) is 6.42 Å². The molecule has 1 heterocycles. The summed E-state index contributed by atoms with van der Waals surface area (Å²) < 4.78 is 0. The molecule has 1 unspecified atom stereocenters. The van der Waals surface area contributed by atoms with Crippen molar-refractivity contribution in [1.29, 1.82) is 0 Å². The monoisotopic (exact) mass is 261 g/mol. The van der Waals surface area contributed by atoms with Crippen molar-refractivity contribution in [2.45, 2.75) is 38.0 Å². The second-order valence-corrected chi connectivity index (χ2v) is 5.29. The van der Waals surface area contributed by atoms with E-state index >= 15 is 0 Å². The summed E-state index contributed by atoms with van der Waals surface area (Å²) in [4.78, 5) is 0. The highest BCUT2D eigenvalue weighted by Crippen LogP contribution is 2.32. The van der Waals surface area contributed by atoms with Crippen molar-refractivity contribution in [3.63, 3.8) is 0 Å². The maximum Gasteiger partial charge on any atom is 0.0467 e. The van der Waals surface area contributed by atoms with Gasteiger partial charge in [0.2, 0.25) is 0 Å². The highest BCUT2D eigenvalue weighted by molar-refractivity contribution is 6.31. The molecule has 2 heteroatoms. The molecule has 0 saturated carbocycles. The van der Waals surface area contributed by atoms with Gasteiger partial charge in [-0.15, -0.1) is 6.42 Å². The minimum atomic E-state index is 0.173. The highest BCUT2D eigenvalue weighted by Gasteiger charge is 2.16. The second-order valence-electron chi connectivity index (χ2n) is 4.88. The summed E-state index contributed by atoms with van der Waals surface area (Å²) in [6, 6.07) is 6.14. The number of hydrogen-bond acceptors (Lipinski definition) is 1. The van der Waals surface area contributed by atoms with Gasteiger partial charge >= 0.3 is 0 Å². The second kappa shape index (κ2) is 6.83. The van der Waals surface area contributed by atoms with Crippen LogP contribution in [0.25, 0.3) is 0 Å². The molecule has 0 spiro atoms. The molecular formula is C16H20ClN. The predicted octanol–water partition coefficient (Wildman–Crippen LogP) is 3.76. The fraction of sp³-hybridized carbons (Fsp3) is 0.500. The molecule has 1 nitrogen and oxygen atoms in total. The number of benzene rings is 1. The first kappa shape index (κ1) is 13.5. The van der Waals surface area contributed by atoms with E-state index in [-0.39, 0.29) is 5.92 Å². The minimum absolute atomic E-state index is 0.173. The van der Waals surface area contributed by atoms with Crippen molar-refractivity contribution >= 4 is 11.6 Å². The van der Waals surface area contributed by atoms with Crippen molar-refractivity contribution in [2.75, 3.05) is 13.1 Å². The van der Waals surface area contributed by atoms with Crippen molar-refractivity contribution in [1.82, 2.24) is 5.32 Å². The van der Waals surface area contributed by atoms with Crippen molar-refractivity contribution in [3.8, 4) is 12.3 Å². The van der Waals surface area contributed by atoms with Crippen LogP contribution in [0.4, 0.5) is 0 Å². The average molecular weight is 262 g/mol. The van der Waals surface area contributed by atoms with E-state index in [0.29, 0.717) is 0 Å². The lowest BCUT2D eigenvalue weighted by atomic mass is 9.89. The van der Waals surface area contributed by atoms with Gasteiger partial charge in [-0.2, -0.15) is 0 Å². The van der Waals surface area contributed by atoms with E-state index in [9.17, 15) is 0 Å². The molecule has 0 bridgehead atoms. The van der Waals surface area contributed by atoms with Crippen LogP contribution >= 0.6 is 11.6 Å². The first-order valence-electron chi connectivity index (χ1n) is 6.77. The minimum Gasteiger partial charge on any atom is -0.316 e. The third-order valence-electron chi connectivity index (χ3n) is 3.61. The van der Waals surface area contributed by atoms with Crippen LogP contribution in [0.15, 0.2) is 18.2 Å². The number of hydrogen-bond donors (Lipinski definition) is 1. The van der Waals surface area contributed by atoms with Crippen LogP contribution in [0.5, 0.6) is 0 Å². The molecule has 0 aliphatic carbocycles. The fourth-order valence-corrected chi connectivity index (χ4v) is 2.95. The van der Waals surface area contributed by atoms with Gasteiger partial charge in [-0.25, -0.2) is 0 Å². The van der Waals surface area contributed by atoms with Gasteiger partial charge in [-0.3, -0.25) is 0 Å². The Labute approximate surface area is 115 Å². The molecule has 1 aliphatic rings. The van der Waals surface area contributed by atoms with Crippen molar-refractivity contribution in [3.05, 3.63) is 34.3 Å². The van der Waals surface area contributed by atoms with Crippen molar-refractivity contribution < 1.29 is 0 Å². The molecule has 1 aliphatic heterocycles. The first-order valence-corrected chi connectivity index (χ1v) is 7.15. The van der Waals surface area contributed by atoms with Gasteiger partial charge in [-0.1, -0.05) is 42.5 Å². The fourth-order valence-electron chi connectivity index (χ4n) is 2.62. The molecule has 1 atom stereocenters. The Bertz CT molecular complexity index is 433. The SMILES string of the molecule is C#CC1CCCCCNCCc2cccc(Cl)c21. The Morgan fingerprint density at radius 2 is 2.11 bits per heavy atom. The van der Waals surface area contributed by atoms with E-state index in [2.05, 4.69) is 17.3 Å². The largest absolute Gasteiger partial charge is 0.316 e. The summed E-state index contributed by atoms with van der Waals surface area (Å²) in [5, 5.41) is 4.31. The average Bonchev–Trinajstić information content (AvgIpc) is 2.42. The van der Waals surface area contributed by atoms with Gasteiger partial charge in [0.15, 0.2) is 0 Å². The normalized spacial score (nSPS) is 21.4. The van der Waals surface area contributed by atoms with Gasteiger partial charge < -0.3 is 5.32 Å². The maximum absolute atomic E-state index is 6.36. The van der Waals surface area contributed by atoms with Crippen LogP contribution in [0.2, 0.25) is 5.02 Å². The maximum atomic E-state index is 6.36. The topological polar surface area (TPSA) is 12.0 Å². The molecule has 0 radical (unpaired) electrons. The summed E-state index contributed by atoms with van der Waals surface area (Å²) >= 11 is 6.36. The molecular weight excluding hydrogens is 242 g/mol. The van der Waals surface area contributed by atoms with Crippen LogP contribution in [0.1, 0.15) is 42.7 Å². The van der Waals surface area contributed by atoms with E-state index in [4.69, 9.17) is 18.0 Å². The van der Waals surface area contributed by atoms with E-state index < -0.39 is 0 Å². The smallest absolute Gasteiger partial charge is 0.0467 e. The van der Waals surface area contributed by atoms with E-state index in [1.807, 2.05) is 12.1 Å². The van der Waals surface area contributed by atoms with Gasteiger partial charge in [0.05, 0.1) is 0 Å². The zero-order valence-electron chi connectivity index (χ0n) is 10.7. The Morgan fingerprint density at radius 3 is 2.94 bits per heavy atom. The molecule has 18 heavy (non-hydrogen) atoms. The van der Waals surface area contributed by atoms with E-state index in [1.165, 1.54) is 30.4 Å². The number of rotatable bonds is 0. The van der Waals surface area contributed by atoms with Crippen LogP contribution in [-0.4, -0.2) is 13.1 Å². The number of nitrogens with one attached hydrogen (secondary N) is 1. The lowest BCUT2D eigenvalue weighted by Crippen LogP contribution is -2.18. The first-order chi connectivity index (χ1) is 8.83. The number of terminal acetylenes is 1. The molecule has 1 aromatic carbocycles.